The minimum Gasteiger partial charge on any atom is -0.306 e. The molecule has 2 aromatic heterocycles. The van der Waals surface area contributed by atoms with E-state index in [4.69, 9.17) is 0 Å². The van der Waals surface area contributed by atoms with Crippen LogP contribution in [0.1, 0.15) is 35.7 Å². The van der Waals surface area contributed by atoms with E-state index in [0.717, 1.165) is 30.5 Å². The maximum absolute atomic E-state index is 4.22. The molecule has 0 unspecified atom stereocenters. The monoisotopic (exact) mass is 278 g/mol. The summed E-state index contributed by atoms with van der Waals surface area (Å²) in [5, 5.41) is 11.8. The highest BCUT2D eigenvalue weighted by atomic mass is 15.3. The van der Waals surface area contributed by atoms with Gasteiger partial charge < -0.3 is 5.32 Å². The lowest BCUT2D eigenvalue weighted by molar-refractivity contribution is 0.656. The molecule has 0 amide bonds. The fraction of sp³-hybridized carbons (Fsp3) is 0.294. The lowest BCUT2D eigenvalue weighted by atomic mass is 10.1. The second-order valence-corrected chi connectivity index (χ2v) is 5.66. The molecular weight excluding hydrogens is 260 g/mol. The Bertz CT molecular complexity index is 741. The summed E-state index contributed by atoms with van der Waals surface area (Å²) < 4.78 is 2.02. The van der Waals surface area contributed by atoms with E-state index < -0.39 is 0 Å². The van der Waals surface area contributed by atoms with E-state index in [-0.39, 0.29) is 0 Å². The lowest BCUT2D eigenvalue weighted by Gasteiger charge is -2.05. The molecule has 3 aromatic rings. The van der Waals surface area contributed by atoms with Crippen LogP contribution in [0.15, 0.2) is 48.7 Å². The van der Waals surface area contributed by atoms with Gasteiger partial charge in [0.2, 0.25) is 0 Å². The van der Waals surface area contributed by atoms with Crippen molar-refractivity contribution < 1.29 is 0 Å². The van der Waals surface area contributed by atoms with Crippen LogP contribution in [0.3, 0.4) is 0 Å². The van der Waals surface area contributed by atoms with Crippen molar-refractivity contribution in [1.29, 1.82) is 0 Å². The number of hydrogen-bond acceptors (Lipinski definition) is 3. The van der Waals surface area contributed by atoms with E-state index in [9.17, 15) is 0 Å². The van der Waals surface area contributed by atoms with Crippen LogP contribution >= 0.6 is 0 Å². The molecule has 21 heavy (non-hydrogen) atoms. The van der Waals surface area contributed by atoms with E-state index in [1.807, 2.05) is 28.8 Å². The standard InChI is InChI=1S/C17H18N4/c1-2-10-21-16(3-1)19-20-17(21)12-18-11-13-4-6-14(7-5-13)15-8-9-15/h1-7,10,15,18H,8-9,11-12H2. The molecule has 1 fully saturated rings. The molecule has 4 nitrogen and oxygen atoms in total. The van der Waals surface area contributed by atoms with Gasteiger partial charge in [0.1, 0.15) is 0 Å². The first-order chi connectivity index (χ1) is 10.4. The van der Waals surface area contributed by atoms with Gasteiger partial charge in [0.05, 0.1) is 6.54 Å². The van der Waals surface area contributed by atoms with Crippen molar-refractivity contribution in [3.63, 3.8) is 0 Å². The highest BCUT2D eigenvalue weighted by Crippen LogP contribution is 2.39. The smallest absolute Gasteiger partial charge is 0.160 e. The van der Waals surface area contributed by atoms with Crippen LogP contribution < -0.4 is 5.32 Å². The normalized spacial score (nSPS) is 14.7. The third kappa shape index (κ3) is 2.67. The van der Waals surface area contributed by atoms with Gasteiger partial charge in [-0.2, -0.15) is 0 Å². The number of nitrogens with zero attached hydrogens (tertiary/aromatic N) is 3. The maximum Gasteiger partial charge on any atom is 0.160 e. The Morgan fingerprint density at radius 2 is 1.86 bits per heavy atom. The zero-order valence-corrected chi connectivity index (χ0v) is 11.9. The van der Waals surface area contributed by atoms with Gasteiger partial charge in [-0.25, -0.2) is 0 Å². The molecule has 0 bridgehead atoms. The van der Waals surface area contributed by atoms with Crippen LogP contribution in [-0.4, -0.2) is 14.6 Å². The lowest BCUT2D eigenvalue weighted by Crippen LogP contribution is -2.14. The minimum absolute atomic E-state index is 0.718. The summed E-state index contributed by atoms with van der Waals surface area (Å²) in [4.78, 5) is 0. The highest BCUT2D eigenvalue weighted by Gasteiger charge is 2.22. The molecule has 1 saturated carbocycles. The summed E-state index contributed by atoms with van der Waals surface area (Å²) in [6.07, 6.45) is 4.71. The molecule has 0 spiro atoms. The Morgan fingerprint density at radius 1 is 1.00 bits per heavy atom. The molecule has 0 radical (unpaired) electrons. The molecule has 4 heteroatoms. The summed E-state index contributed by atoms with van der Waals surface area (Å²) in [7, 11) is 0. The fourth-order valence-corrected chi connectivity index (χ4v) is 2.65. The van der Waals surface area contributed by atoms with Crippen LogP contribution in [-0.2, 0) is 13.1 Å². The van der Waals surface area contributed by atoms with Crippen molar-refractivity contribution in [2.75, 3.05) is 0 Å². The number of rotatable bonds is 5. The van der Waals surface area contributed by atoms with E-state index in [1.54, 1.807) is 0 Å². The Morgan fingerprint density at radius 3 is 2.67 bits per heavy atom. The van der Waals surface area contributed by atoms with E-state index in [0.29, 0.717) is 0 Å². The fourth-order valence-electron chi connectivity index (χ4n) is 2.65. The SMILES string of the molecule is c1ccn2c(CNCc3ccc(C4CC4)cc3)nnc2c1. The average Bonchev–Trinajstić information content (AvgIpc) is 3.30. The highest BCUT2D eigenvalue weighted by molar-refractivity contribution is 5.37. The Balaban J connectivity index is 1.38. The minimum atomic E-state index is 0.718. The number of fused-ring (bicyclic) bond motifs is 1. The van der Waals surface area contributed by atoms with Crippen molar-refractivity contribution in [1.82, 2.24) is 19.9 Å². The Kier molecular flexibility index (Phi) is 3.16. The average molecular weight is 278 g/mol. The molecule has 0 atom stereocenters. The quantitative estimate of drug-likeness (QED) is 0.780. The third-order valence-corrected chi connectivity index (χ3v) is 4.03. The third-order valence-electron chi connectivity index (χ3n) is 4.03. The zero-order valence-electron chi connectivity index (χ0n) is 11.9. The molecule has 0 aliphatic heterocycles. The van der Waals surface area contributed by atoms with Crippen molar-refractivity contribution in [3.8, 4) is 0 Å². The van der Waals surface area contributed by atoms with Crippen molar-refractivity contribution >= 4 is 5.65 Å². The van der Waals surface area contributed by atoms with Crippen LogP contribution in [0.4, 0.5) is 0 Å². The maximum atomic E-state index is 4.22. The van der Waals surface area contributed by atoms with Gasteiger partial charge in [-0.05, 0) is 42.0 Å². The summed E-state index contributed by atoms with van der Waals surface area (Å²) in [6, 6.07) is 14.9. The second-order valence-electron chi connectivity index (χ2n) is 5.66. The topological polar surface area (TPSA) is 42.2 Å². The van der Waals surface area contributed by atoms with Gasteiger partial charge in [0, 0.05) is 12.7 Å². The molecule has 2 heterocycles. The second kappa shape index (κ2) is 5.30. The van der Waals surface area contributed by atoms with Gasteiger partial charge >= 0.3 is 0 Å². The predicted octanol–water partition coefficient (Wildman–Crippen LogP) is 2.90. The molecular formula is C17H18N4. The Labute approximate surface area is 123 Å². The summed E-state index contributed by atoms with van der Waals surface area (Å²) in [5.41, 5.74) is 3.69. The van der Waals surface area contributed by atoms with Crippen molar-refractivity contribution in [2.45, 2.75) is 31.8 Å². The number of nitrogens with one attached hydrogen (secondary N) is 1. The molecule has 4 rings (SSSR count). The van der Waals surface area contributed by atoms with Gasteiger partial charge in [-0.1, -0.05) is 30.3 Å². The first-order valence-corrected chi connectivity index (χ1v) is 7.48. The van der Waals surface area contributed by atoms with E-state index in [1.165, 1.54) is 24.0 Å². The van der Waals surface area contributed by atoms with Gasteiger partial charge in [0.25, 0.3) is 0 Å². The number of pyridine rings is 1. The molecule has 1 aromatic carbocycles. The molecule has 0 saturated heterocycles. The molecule has 106 valence electrons. The molecule has 1 aliphatic carbocycles. The van der Waals surface area contributed by atoms with Gasteiger partial charge in [0.15, 0.2) is 11.5 Å². The summed E-state index contributed by atoms with van der Waals surface area (Å²) in [5.74, 6) is 1.77. The predicted molar refractivity (Wildman–Crippen MR) is 81.9 cm³/mol. The number of aromatic nitrogens is 3. The Hall–Kier alpha value is -2.20. The first-order valence-electron chi connectivity index (χ1n) is 7.48. The first kappa shape index (κ1) is 12.5. The van der Waals surface area contributed by atoms with Crippen LogP contribution in [0.25, 0.3) is 5.65 Å². The van der Waals surface area contributed by atoms with Crippen LogP contribution in [0, 0.1) is 0 Å². The van der Waals surface area contributed by atoms with Gasteiger partial charge in [-0.3, -0.25) is 4.40 Å². The molecule has 1 aliphatic rings. The number of benzene rings is 1. The summed E-state index contributed by atoms with van der Waals surface area (Å²) in [6.45, 7) is 1.57. The van der Waals surface area contributed by atoms with Crippen molar-refractivity contribution in [3.05, 3.63) is 65.6 Å². The summed E-state index contributed by atoms with van der Waals surface area (Å²) >= 11 is 0. The van der Waals surface area contributed by atoms with E-state index in [2.05, 4.69) is 39.8 Å². The van der Waals surface area contributed by atoms with E-state index >= 15 is 0 Å². The van der Waals surface area contributed by atoms with Crippen molar-refractivity contribution in [2.24, 2.45) is 0 Å². The van der Waals surface area contributed by atoms with Gasteiger partial charge in [-0.15, -0.1) is 10.2 Å². The largest absolute Gasteiger partial charge is 0.306 e. The number of hydrogen-bond donors (Lipinski definition) is 1. The molecule has 1 N–H and O–H groups in total. The zero-order chi connectivity index (χ0) is 14.1. The van der Waals surface area contributed by atoms with Crippen LogP contribution in [0.5, 0.6) is 0 Å². The van der Waals surface area contributed by atoms with Crippen LogP contribution in [0.2, 0.25) is 0 Å².